The van der Waals surface area contributed by atoms with E-state index in [-0.39, 0.29) is 24.7 Å². The Morgan fingerprint density at radius 3 is 2.05 bits per heavy atom. The van der Waals surface area contributed by atoms with Gasteiger partial charge in [-0.05, 0) is 47.8 Å². The lowest BCUT2D eigenvalue weighted by molar-refractivity contribution is -0.156. The van der Waals surface area contributed by atoms with Crippen LogP contribution in [0.15, 0.2) is 0 Å². The van der Waals surface area contributed by atoms with Crippen molar-refractivity contribution in [2.75, 3.05) is 34.2 Å². The maximum atomic E-state index is 11.8. The average molecular weight is 272 g/mol. The molecular formula is C14H28N2O3. The zero-order valence-electron chi connectivity index (χ0n) is 13.2. The fourth-order valence-corrected chi connectivity index (χ4v) is 1.54. The monoisotopic (exact) mass is 272 g/mol. The van der Waals surface area contributed by atoms with Crippen LogP contribution in [-0.4, -0.2) is 61.5 Å². The largest absolute Gasteiger partial charge is 0.460 e. The topological polar surface area (TPSA) is 49.9 Å². The van der Waals surface area contributed by atoms with Crippen LogP contribution in [-0.2, 0) is 14.3 Å². The molecule has 0 aromatic heterocycles. The summed E-state index contributed by atoms with van der Waals surface area (Å²) in [6.07, 6.45) is 1.29. The van der Waals surface area contributed by atoms with Gasteiger partial charge in [0.2, 0.25) is 5.91 Å². The Morgan fingerprint density at radius 2 is 1.58 bits per heavy atom. The van der Waals surface area contributed by atoms with Gasteiger partial charge in [0.25, 0.3) is 0 Å². The van der Waals surface area contributed by atoms with E-state index in [9.17, 15) is 9.59 Å². The molecule has 0 bridgehead atoms. The molecule has 0 aromatic carbocycles. The fraction of sp³-hybridized carbons (Fsp3) is 0.857. The minimum atomic E-state index is -0.488. The first kappa shape index (κ1) is 17.9. The van der Waals surface area contributed by atoms with Crippen LogP contribution in [0.5, 0.6) is 0 Å². The molecule has 0 unspecified atom stereocenters. The number of carbonyl (C=O) groups is 2. The van der Waals surface area contributed by atoms with Crippen LogP contribution in [0.1, 0.15) is 40.0 Å². The Morgan fingerprint density at radius 1 is 1.00 bits per heavy atom. The second-order valence-electron chi connectivity index (χ2n) is 6.06. The quantitative estimate of drug-likeness (QED) is 0.659. The first-order valence-corrected chi connectivity index (χ1v) is 6.72. The number of ether oxygens (including phenoxy) is 1. The highest BCUT2D eigenvalue weighted by Gasteiger charge is 2.18. The maximum Gasteiger partial charge on any atom is 0.306 e. The molecule has 5 nitrogen and oxygen atoms in total. The second-order valence-corrected chi connectivity index (χ2v) is 6.06. The summed E-state index contributed by atoms with van der Waals surface area (Å²) in [6, 6.07) is 0. The Bertz CT molecular complexity index is 296. The molecule has 0 saturated heterocycles. The molecule has 0 aromatic rings. The van der Waals surface area contributed by atoms with Crippen LogP contribution in [0.25, 0.3) is 0 Å². The lowest BCUT2D eigenvalue weighted by atomic mass is 10.2. The van der Waals surface area contributed by atoms with E-state index in [0.717, 1.165) is 13.0 Å². The van der Waals surface area contributed by atoms with Gasteiger partial charge in [-0.15, -0.1) is 0 Å². The van der Waals surface area contributed by atoms with Gasteiger partial charge in [-0.2, -0.15) is 0 Å². The molecule has 0 atom stereocenters. The van der Waals surface area contributed by atoms with Gasteiger partial charge in [0.15, 0.2) is 0 Å². The molecule has 0 spiro atoms. The summed E-state index contributed by atoms with van der Waals surface area (Å²) in [7, 11) is 5.78. The minimum Gasteiger partial charge on any atom is -0.460 e. The molecule has 0 radical (unpaired) electrons. The predicted molar refractivity (Wildman–Crippen MR) is 75.9 cm³/mol. The van der Waals surface area contributed by atoms with Crippen molar-refractivity contribution in [1.82, 2.24) is 9.80 Å². The van der Waals surface area contributed by atoms with Crippen molar-refractivity contribution in [1.29, 1.82) is 0 Å². The first-order valence-electron chi connectivity index (χ1n) is 6.72. The Kier molecular flexibility index (Phi) is 7.68. The van der Waals surface area contributed by atoms with Gasteiger partial charge < -0.3 is 14.5 Å². The number of hydrogen-bond acceptors (Lipinski definition) is 4. The summed E-state index contributed by atoms with van der Waals surface area (Å²) < 4.78 is 5.16. The van der Waals surface area contributed by atoms with Crippen molar-refractivity contribution >= 4 is 11.9 Å². The van der Waals surface area contributed by atoms with Crippen molar-refractivity contribution in [2.45, 2.75) is 45.6 Å². The standard InChI is InChI=1S/C14H28N2O3/c1-14(2,3)19-13(18)9-8-12(17)16(6)11-7-10-15(4)5/h7-11H2,1-6H3. The predicted octanol–water partition coefficient (Wildman–Crippen LogP) is 1.52. The zero-order valence-corrected chi connectivity index (χ0v) is 13.2. The van der Waals surface area contributed by atoms with Crippen molar-refractivity contribution in [3.8, 4) is 0 Å². The van der Waals surface area contributed by atoms with Crippen LogP contribution in [0.2, 0.25) is 0 Å². The molecule has 5 heteroatoms. The van der Waals surface area contributed by atoms with E-state index in [1.54, 1.807) is 11.9 Å². The van der Waals surface area contributed by atoms with E-state index in [2.05, 4.69) is 4.90 Å². The van der Waals surface area contributed by atoms with E-state index in [4.69, 9.17) is 4.74 Å². The first-order chi connectivity index (χ1) is 8.61. The molecular weight excluding hydrogens is 244 g/mol. The van der Waals surface area contributed by atoms with Crippen LogP contribution in [0.3, 0.4) is 0 Å². The fourth-order valence-electron chi connectivity index (χ4n) is 1.54. The van der Waals surface area contributed by atoms with E-state index in [0.29, 0.717) is 6.54 Å². The van der Waals surface area contributed by atoms with Crippen molar-refractivity contribution in [2.24, 2.45) is 0 Å². The van der Waals surface area contributed by atoms with E-state index in [1.807, 2.05) is 34.9 Å². The summed E-state index contributed by atoms with van der Waals surface area (Å²) in [5.41, 5.74) is -0.488. The van der Waals surface area contributed by atoms with Gasteiger partial charge in [0, 0.05) is 20.0 Å². The number of esters is 1. The lowest BCUT2D eigenvalue weighted by Gasteiger charge is -2.21. The zero-order chi connectivity index (χ0) is 15.1. The van der Waals surface area contributed by atoms with Crippen molar-refractivity contribution in [3.63, 3.8) is 0 Å². The van der Waals surface area contributed by atoms with E-state index >= 15 is 0 Å². The molecule has 0 N–H and O–H groups in total. The third-order valence-corrected chi connectivity index (χ3v) is 2.49. The number of hydrogen-bond donors (Lipinski definition) is 0. The van der Waals surface area contributed by atoms with Gasteiger partial charge in [0.1, 0.15) is 5.60 Å². The highest BCUT2D eigenvalue weighted by atomic mass is 16.6. The highest BCUT2D eigenvalue weighted by molar-refractivity contribution is 5.81. The second kappa shape index (κ2) is 8.15. The van der Waals surface area contributed by atoms with Gasteiger partial charge in [-0.25, -0.2) is 0 Å². The molecule has 1 amide bonds. The number of carbonyl (C=O) groups excluding carboxylic acids is 2. The van der Waals surface area contributed by atoms with E-state index in [1.165, 1.54) is 0 Å². The van der Waals surface area contributed by atoms with Gasteiger partial charge >= 0.3 is 5.97 Å². The third-order valence-electron chi connectivity index (χ3n) is 2.49. The average Bonchev–Trinajstić information content (AvgIpc) is 2.22. The van der Waals surface area contributed by atoms with Gasteiger partial charge in [-0.1, -0.05) is 0 Å². The Hall–Kier alpha value is -1.10. The molecule has 0 aliphatic heterocycles. The van der Waals surface area contributed by atoms with Crippen LogP contribution in [0.4, 0.5) is 0 Å². The van der Waals surface area contributed by atoms with Crippen molar-refractivity contribution < 1.29 is 14.3 Å². The van der Waals surface area contributed by atoms with Gasteiger partial charge in [-0.3, -0.25) is 9.59 Å². The summed E-state index contributed by atoms with van der Waals surface area (Å²) in [5.74, 6) is -0.327. The molecule has 0 saturated carbocycles. The SMILES string of the molecule is CN(C)CCCN(C)C(=O)CCC(=O)OC(C)(C)C. The van der Waals surface area contributed by atoms with Crippen molar-refractivity contribution in [3.05, 3.63) is 0 Å². The molecule has 112 valence electrons. The summed E-state index contributed by atoms with van der Waals surface area (Å²) in [4.78, 5) is 27.0. The van der Waals surface area contributed by atoms with Crippen LogP contribution in [0, 0.1) is 0 Å². The normalized spacial score (nSPS) is 11.5. The molecule has 0 fully saturated rings. The lowest BCUT2D eigenvalue weighted by Crippen LogP contribution is -2.30. The highest BCUT2D eigenvalue weighted by Crippen LogP contribution is 2.09. The van der Waals surface area contributed by atoms with Gasteiger partial charge in [0.05, 0.1) is 6.42 Å². The van der Waals surface area contributed by atoms with Crippen LogP contribution < -0.4 is 0 Å². The molecule has 19 heavy (non-hydrogen) atoms. The number of rotatable bonds is 7. The Balaban J connectivity index is 3.87. The summed E-state index contributed by atoms with van der Waals surface area (Å²) in [5, 5.41) is 0. The number of amides is 1. The summed E-state index contributed by atoms with van der Waals surface area (Å²) >= 11 is 0. The Labute approximate surface area is 116 Å². The molecule has 0 aliphatic rings. The molecule has 0 aliphatic carbocycles. The minimum absolute atomic E-state index is 0.00962. The third kappa shape index (κ3) is 10.5. The van der Waals surface area contributed by atoms with Crippen LogP contribution >= 0.6 is 0 Å². The number of nitrogens with zero attached hydrogens (tertiary/aromatic N) is 2. The maximum absolute atomic E-state index is 11.8. The van der Waals surface area contributed by atoms with E-state index < -0.39 is 5.60 Å². The summed E-state index contributed by atoms with van der Waals surface area (Å²) in [6.45, 7) is 7.12. The molecule has 0 rings (SSSR count). The molecule has 0 heterocycles. The smallest absolute Gasteiger partial charge is 0.306 e.